The number of nitrogens with two attached hydrogens (primary N) is 1. The van der Waals surface area contributed by atoms with Gasteiger partial charge in [-0.15, -0.1) is 0 Å². The number of rotatable bonds is 5. The Labute approximate surface area is 101 Å². The molecule has 1 atom stereocenters. The van der Waals surface area contributed by atoms with E-state index >= 15 is 0 Å². The van der Waals surface area contributed by atoms with Gasteiger partial charge >= 0.3 is 0 Å². The Morgan fingerprint density at radius 3 is 2.69 bits per heavy atom. The molecule has 90 valence electrons. The Kier molecular flexibility index (Phi) is 5.19. The molecule has 16 heavy (non-hydrogen) atoms. The topological polar surface area (TPSA) is 35.2 Å². The van der Waals surface area contributed by atoms with Crippen molar-refractivity contribution in [1.29, 1.82) is 0 Å². The molecule has 0 fully saturated rings. The Morgan fingerprint density at radius 1 is 1.44 bits per heavy atom. The maximum absolute atomic E-state index is 13.5. The summed E-state index contributed by atoms with van der Waals surface area (Å²) in [5.41, 5.74) is 6.35. The van der Waals surface area contributed by atoms with Gasteiger partial charge in [-0.05, 0) is 32.4 Å². The molecule has 0 heterocycles. The normalized spacial score (nSPS) is 13.1. The van der Waals surface area contributed by atoms with Crippen molar-refractivity contribution in [1.82, 2.24) is 0 Å². The fourth-order valence-corrected chi connectivity index (χ4v) is 1.55. The maximum atomic E-state index is 13.5. The number of hydrogen-bond donors (Lipinski definition) is 1. The first-order valence-corrected chi connectivity index (χ1v) is 5.70. The van der Waals surface area contributed by atoms with Gasteiger partial charge in [0.1, 0.15) is 5.82 Å². The van der Waals surface area contributed by atoms with Crippen LogP contribution in [-0.4, -0.2) is 12.7 Å². The zero-order valence-electron chi connectivity index (χ0n) is 9.54. The molecule has 1 aromatic carbocycles. The summed E-state index contributed by atoms with van der Waals surface area (Å²) in [5, 5.41) is 0.381. The summed E-state index contributed by atoms with van der Waals surface area (Å²) >= 11 is 5.66. The van der Waals surface area contributed by atoms with E-state index in [0.717, 1.165) is 0 Å². The Bertz CT molecular complexity index is 344. The molecule has 2 N–H and O–H groups in total. The Morgan fingerprint density at radius 2 is 2.12 bits per heavy atom. The van der Waals surface area contributed by atoms with Crippen LogP contribution in [0.4, 0.5) is 4.39 Å². The smallest absolute Gasteiger partial charge is 0.129 e. The third-order valence-electron chi connectivity index (χ3n) is 2.24. The first kappa shape index (κ1) is 13.4. The van der Waals surface area contributed by atoms with Crippen molar-refractivity contribution in [2.24, 2.45) is 5.73 Å². The Hall–Kier alpha value is -0.640. The Balaban J connectivity index is 2.55. The highest BCUT2D eigenvalue weighted by atomic mass is 35.5. The zero-order valence-corrected chi connectivity index (χ0v) is 10.3. The van der Waals surface area contributed by atoms with Crippen LogP contribution in [0.15, 0.2) is 18.2 Å². The standard InChI is InChI=1S/C12H17ClFNO/c1-8(2)16-6-5-12(15)10-4-3-9(13)7-11(10)14/h3-4,7-8,12H,5-6,15H2,1-2H3. The molecule has 1 unspecified atom stereocenters. The van der Waals surface area contributed by atoms with Crippen LogP contribution in [0.2, 0.25) is 5.02 Å². The van der Waals surface area contributed by atoms with Gasteiger partial charge in [0.05, 0.1) is 6.10 Å². The molecule has 0 bridgehead atoms. The maximum Gasteiger partial charge on any atom is 0.129 e. The summed E-state index contributed by atoms with van der Waals surface area (Å²) in [6, 6.07) is 4.19. The van der Waals surface area contributed by atoms with Gasteiger partial charge in [0.25, 0.3) is 0 Å². The van der Waals surface area contributed by atoms with E-state index in [0.29, 0.717) is 23.6 Å². The fourth-order valence-electron chi connectivity index (χ4n) is 1.39. The number of halogens is 2. The van der Waals surface area contributed by atoms with Crippen LogP contribution >= 0.6 is 11.6 Å². The molecule has 0 aliphatic rings. The zero-order chi connectivity index (χ0) is 12.1. The van der Waals surface area contributed by atoms with E-state index < -0.39 is 0 Å². The van der Waals surface area contributed by atoms with E-state index in [-0.39, 0.29) is 18.0 Å². The van der Waals surface area contributed by atoms with Crippen molar-refractivity contribution >= 4 is 11.6 Å². The van der Waals surface area contributed by atoms with Crippen molar-refractivity contribution in [2.75, 3.05) is 6.61 Å². The van der Waals surface area contributed by atoms with E-state index in [9.17, 15) is 4.39 Å². The predicted octanol–water partition coefficient (Wildman–Crippen LogP) is 3.29. The molecule has 0 saturated heterocycles. The second-order valence-electron chi connectivity index (χ2n) is 3.98. The third kappa shape index (κ3) is 4.08. The summed E-state index contributed by atoms with van der Waals surface area (Å²) in [5.74, 6) is -0.357. The molecule has 0 aliphatic carbocycles. The van der Waals surface area contributed by atoms with Gasteiger partial charge in [0.2, 0.25) is 0 Å². The molecule has 0 aromatic heterocycles. The third-order valence-corrected chi connectivity index (χ3v) is 2.48. The molecule has 1 aromatic rings. The molecule has 1 rings (SSSR count). The minimum Gasteiger partial charge on any atom is -0.379 e. The number of hydrogen-bond acceptors (Lipinski definition) is 2. The van der Waals surface area contributed by atoms with E-state index in [2.05, 4.69) is 0 Å². The van der Waals surface area contributed by atoms with E-state index in [1.165, 1.54) is 6.07 Å². The van der Waals surface area contributed by atoms with Crippen LogP contribution in [-0.2, 0) is 4.74 Å². The van der Waals surface area contributed by atoms with Crippen LogP contribution < -0.4 is 5.73 Å². The molecule has 0 spiro atoms. The molecular formula is C12H17ClFNO. The largest absolute Gasteiger partial charge is 0.379 e. The lowest BCUT2D eigenvalue weighted by molar-refractivity contribution is 0.0735. The summed E-state index contributed by atoms with van der Waals surface area (Å²) in [6.07, 6.45) is 0.763. The highest BCUT2D eigenvalue weighted by Crippen LogP contribution is 2.21. The minimum atomic E-state index is -0.357. The van der Waals surface area contributed by atoms with Crippen LogP contribution in [0.25, 0.3) is 0 Å². The lowest BCUT2D eigenvalue weighted by Gasteiger charge is -2.14. The van der Waals surface area contributed by atoms with Crippen molar-refractivity contribution in [2.45, 2.75) is 32.4 Å². The van der Waals surface area contributed by atoms with Crippen LogP contribution in [0, 0.1) is 5.82 Å². The monoisotopic (exact) mass is 245 g/mol. The van der Waals surface area contributed by atoms with Gasteiger partial charge in [-0.25, -0.2) is 4.39 Å². The second kappa shape index (κ2) is 6.18. The van der Waals surface area contributed by atoms with Gasteiger partial charge in [0.15, 0.2) is 0 Å². The lowest BCUT2D eigenvalue weighted by atomic mass is 10.0. The van der Waals surface area contributed by atoms with Gasteiger partial charge in [-0.2, -0.15) is 0 Å². The second-order valence-corrected chi connectivity index (χ2v) is 4.42. The molecule has 0 saturated carbocycles. The van der Waals surface area contributed by atoms with Gasteiger partial charge < -0.3 is 10.5 Å². The van der Waals surface area contributed by atoms with Crippen molar-refractivity contribution in [3.05, 3.63) is 34.6 Å². The molecule has 0 amide bonds. The van der Waals surface area contributed by atoms with Gasteiger partial charge in [0, 0.05) is 23.2 Å². The summed E-state index contributed by atoms with van der Waals surface area (Å²) in [7, 11) is 0. The average molecular weight is 246 g/mol. The number of benzene rings is 1. The summed E-state index contributed by atoms with van der Waals surface area (Å²) < 4.78 is 18.9. The minimum absolute atomic E-state index is 0.169. The van der Waals surface area contributed by atoms with Crippen molar-refractivity contribution < 1.29 is 9.13 Å². The average Bonchev–Trinajstić information content (AvgIpc) is 2.16. The van der Waals surface area contributed by atoms with E-state index in [1.807, 2.05) is 13.8 Å². The molecular weight excluding hydrogens is 229 g/mol. The summed E-state index contributed by atoms with van der Waals surface area (Å²) in [6.45, 7) is 4.43. The first-order valence-electron chi connectivity index (χ1n) is 5.33. The quantitative estimate of drug-likeness (QED) is 0.864. The lowest BCUT2D eigenvalue weighted by Crippen LogP contribution is -2.16. The first-order chi connectivity index (χ1) is 7.50. The fraction of sp³-hybridized carbons (Fsp3) is 0.500. The highest BCUT2D eigenvalue weighted by molar-refractivity contribution is 6.30. The number of ether oxygens (including phenoxy) is 1. The molecule has 4 heteroatoms. The van der Waals surface area contributed by atoms with Gasteiger partial charge in [-0.3, -0.25) is 0 Å². The van der Waals surface area contributed by atoms with Crippen LogP contribution in [0.5, 0.6) is 0 Å². The predicted molar refractivity (Wildman–Crippen MR) is 64.0 cm³/mol. The van der Waals surface area contributed by atoms with Gasteiger partial charge in [-0.1, -0.05) is 17.7 Å². The van der Waals surface area contributed by atoms with E-state index in [1.54, 1.807) is 12.1 Å². The van der Waals surface area contributed by atoms with E-state index in [4.69, 9.17) is 22.1 Å². The molecule has 0 radical (unpaired) electrons. The highest BCUT2D eigenvalue weighted by Gasteiger charge is 2.11. The van der Waals surface area contributed by atoms with Crippen LogP contribution in [0.1, 0.15) is 31.9 Å². The van der Waals surface area contributed by atoms with Crippen molar-refractivity contribution in [3.8, 4) is 0 Å². The van der Waals surface area contributed by atoms with Crippen molar-refractivity contribution in [3.63, 3.8) is 0 Å². The molecule has 0 aliphatic heterocycles. The summed E-state index contributed by atoms with van der Waals surface area (Å²) in [4.78, 5) is 0. The SMILES string of the molecule is CC(C)OCCC(N)c1ccc(Cl)cc1F. The van der Waals surface area contributed by atoms with Crippen LogP contribution in [0.3, 0.4) is 0 Å². The molecule has 2 nitrogen and oxygen atoms in total.